The number of ether oxygens (including phenoxy) is 3. The molecule has 2 heterocycles. The summed E-state index contributed by atoms with van der Waals surface area (Å²) in [6.45, 7) is 0.186. The van der Waals surface area contributed by atoms with Gasteiger partial charge >= 0.3 is 6.18 Å². The van der Waals surface area contributed by atoms with Crippen molar-refractivity contribution in [3.05, 3.63) is 71.2 Å². The predicted molar refractivity (Wildman–Crippen MR) is 146 cm³/mol. The van der Waals surface area contributed by atoms with Crippen molar-refractivity contribution >= 4 is 5.91 Å². The van der Waals surface area contributed by atoms with E-state index < -0.39 is 47.4 Å². The van der Waals surface area contributed by atoms with E-state index in [-0.39, 0.29) is 58.8 Å². The number of nitrogens with zero attached hydrogens (tertiary/aromatic N) is 1. The van der Waals surface area contributed by atoms with E-state index in [1.165, 1.54) is 44.4 Å². The number of nitrogens with one attached hydrogen (secondary N) is 1. The van der Waals surface area contributed by atoms with Gasteiger partial charge in [-0.25, -0.2) is 9.37 Å². The maximum absolute atomic E-state index is 14.7. The van der Waals surface area contributed by atoms with Crippen molar-refractivity contribution in [2.75, 3.05) is 26.9 Å². The molecule has 1 fully saturated rings. The molecule has 5 N–H and O–H groups in total. The van der Waals surface area contributed by atoms with Crippen LogP contribution in [0.25, 0.3) is 11.3 Å². The van der Waals surface area contributed by atoms with Gasteiger partial charge in [-0.1, -0.05) is 0 Å². The molecule has 0 radical (unpaired) electrons. The molecule has 1 saturated carbocycles. The van der Waals surface area contributed by atoms with Gasteiger partial charge in [0.25, 0.3) is 5.91 Å². The highest BCUT2D eigenvalue weighted by atomic mass is 19.4. The van der Waals surface area contributed by atoms with Gasteiger partial charge in [-0.2, -0.15) is 13.2 Å². The Labute approximate surface area is 244 Å². The van der Waals surface area contributed by atoms with E-state index in [0.717, 1.165) is 31.0 Å². The predicted octanol–water partition coefficient (Wildman–Crippen LogP) is 3.79. The standard InChI is InChI=1S/C30H31F4N3O6/c1-16(38)13-42-22-10-5-18(11-23(22)41-2)27(39)36-14-29(40,30(32,33)34)24-12-21-26(43-15-28(21,35)19-6-7-19)25(37-24)17-3-8-20(31)9-4-17/h3-5,8-12,16,19,38,40H,6-7,13-15,35H2,1-2H3,(H,36,39). The Kier molecular flexibility index (Phi) is 8.01. The van der Waals surface area contributed by atoms with Crippen LogP contribution in [-0.2, 0) is 11.1 Å². The summed E-state index contributed by atoms with van der Waals surface area (Å²) in [6.07, 6.45) is -4.54. The van der Waals surface area contributed by atoms with Gasteiger partial charge in [0.1, 0.15) is 24.7 Å². The Morgan fingerprint density at radius 3 is 2.49 bits per heavy atom. The second-order valence-corrected chi connectivity index (χ2v) is 10.9. The molecule has 3 unspecified atom stereocenters. The molecule has 2 aromatic carbocycles. The molecule has 3 atom stereocenters. The number of rotatable bonds is 10. The fraction of sp³-hybridized carbons (Fsp3) is 0.400. The lowest BCUT2D eigenvalue weighted by molar-refractivity contribution is -0.265. The van der Waals surface area contributed by atoms with Crippen molar-refractivity contribution in [3.63, 3.8) is 0 Å². The van der Waals surface area contributed by atoms with Crippen LogP contribution in [0.5, 0.6) is 17.2 Å². The highest BCUT2D eigenvalue weighted by molar-refractivity contribution is 5.95. The Balaban J connectivity index is 1.50. The van der Waals surface area contributed by atoms with E-state index in [4.69, 9.17) is 19.9 Å². The van der Waals surface area contributed by atoms with Crippen LogP contribution in [0.1, 0.15) is 41.4 Å². The van der Waals surface area contributed by atoms with Gasteiger partial charge in [-0.15, -0.1) is 0 Å². The Morgan fingerprint density at radius 2 is 1.88 bits per heavy atom. The lowest BCUT2D eigenvalue weighted by Gasteiger charge is -2.32. The SMILES string of the molecule is COc1cc(C(=O)NCC(O)(c2cc3c(c(-c4ccc(F)cc4)n2)OCC3(N)C2CC2)C(F)(F)F)ccc1OCC(C)O. The highest BCUT2D eigenvalue weighted by Crippen LogP contribution is 2.53. The van der Waals surface area contributed by atoms with Crippen LogP contribution >= 0.6 is 0 Å². The number of aliphatic hydroxyl groups excluding tert-OH is 1. The summed E-state index contributed by atoms with van der Waals surface area (Å²) in [5.41, 5.74) is 1.54. The van der Waals surface area contributed by atoms with Crippen LogP contribution in [-0.4, -0.2) is 60.3 Å². The van der Waals surface area contributed by atoms with E-state index >= 15 is 0 Å². The number of carbonyl (C=O) groups is 1. The molecule has 1 amide bonds. The first-order chi connectivity index (χ1) is 20.3. The van der Waals surface area contributed by atoms with E-state index in [1.807, 2.05) is 0 Å². The smallest absolute Gasteiger partial charge is 0.424 e. The zero-order valence-corrected chi connectivity index (χ0v) is 23.4. The lowest BCUT2D eigenvalue weighted by Crippen LogP contribution is -2.52. The van der Waals surface area contributed by atoms with Gasteiger partial charge < -0.3 is 35.5 Å². The molecule has 1 aromatic heterocycles. The average molecular weight is 606 g/mol. The number of aromatic nitrogens is 1. The van der Waals surface area contributed by atoms with Crippen LogP contribution in [0.4, 0.5) is 17.6 Å². The highest BCUT2D eigenvalue weighted by Gasteiger charge is 2.58. The summed E-state index contributed by atoms with van der Waals surface area (Å²) in [5, 5.41) is 22.8. The van der Waals surface area contributed by atoms with Crippen molar-refractivity contribution in [2.45, 2.75) is 43.2 Å². The maximum atomic E-state index is 14.7. The molecule has 3 aromatic rings. The average Bonchev–Trinajstić information content (AvgIpc) is 3.78. The van der Waals surface area contributed by atoms with E-state index in [9.17, 15) is 32.6 Å². The summed E-state index contributed by atoms with van der Waals surface area (Å²) in [6, 6.07) is 9.98. The minimum atomic E-state index is -5.28. The van der Waals surface area contributed by atoms with E-state index in [1.54, 1.807) is 0 Å². The Bertz CT molecular complexity index is 1510. The zero-order valence-electron chi connectivity index (χ0n) is 23.4. The summed E-state index contributed by atoms with van der Waals surface area (Å²) in [7, 11) is 1.32. The molecule has 2 aliphatic rings. The minimum absolute atomic E-state index is 0.00622. The van der Waals surface area contributed by atoms with Gasteiger partial charge in [-0.3, -0.25) is 4.79 Å². The Morgan fingerprint density at radius 1 is 1.19 bits per heavy atom. The van der Waals surface area contributed by atoms with Gasteiger partial charge in [0.05, 0.1) is 31.0 Å². The molecule has 43 heavy (non-hydrogen) atoms. The number of nitrogens with two attached hydrogens (primary N) is 1. The third-order valence-corrected chi connectivity index (χ3v) is 7.66. The van der Waals surface area contributed by atoms with Gasteiger partial charge in [-0.05, 0) is 74.2 Å². The zero-order chi connectivity index (χ0) is 31.2. The maximum Gasteiger partial charge on any atom is 0.424 e. The number of halogens is 4. The first-order valence-corrected chi connectivity index (χ1v) is 13.6. The first-order valence-electron chi connectivity index (χ1n) is 13.6. The molecular weight excluding hydrogens is 574 g/mol. The second kappa shape index (κ2) is 11.3. The van der Waals surface area contributed by atoms with Gasteiger partial charge in [0, 0.05) is 16.7 Å². The number of pyridine rings is 1. The lowest BCUT2D eigenvalue weighted by atomic mass is 9.85. The number of benzene rings is 2. The van der Waals surface area contributed by atoms with Crippen molar-refractivity contribution in [2.24, 2.45) is 11.7 Å². The number of hydrogen-bond acceptors (Lipinski definition) is 8. The molecular formula is C30H31F4N3O6. The van der Waals surface area contributed by atoms with Crippen LogP contribution < -0.4 is 25.3 Å². The molecule has 0 bridgehead atoms. The third kappa shape index (κ3) is 5.84. The molecule has 5 rings (SSSR count). The Hall–Kier alpha value is -3.94. The quantitative estimate of drug-likeness (QED) is 0.257. The number of methoxy groups -OCH3 is 1. The third-order valence-electron chi connectivity index (χ3n) is 7.66. The first kappa shape index (κ1) is 30.5. The molecule has 230 valence electrons. The van der Waals surface area contributed by atoms with Crippen molar-refractivity contribution in [1.82, 2.24) is 10.3 Å². The van der Waals surface area contributed by atoms with Gasteiger partial charge in [0.15, 0.2) is 17.2 Å². The number of alkyl halides is 3. The summed E-state index contributed by atoms with van der Waals surface area (Å²) < 4.78 is 74.1. The number of carbonyl (C=O) groups excluding carboxylic acids is 1. The summed E-state index contributed by atoms with van der Waals surface area (Å²) >= 11 is 0. The number of hydrogen-bond donors (Lipinski definition) is 4. The summed E-state index contributed by atoms with van der Waals surface area (Å²) in [5.74, 6) is -1.03. The number of aliphatic hydroxyl groups is 2. The number of amides is 1. The van der Waals surface area contributed by atoms with Crippen LogP contribution in [0, 0.1) is 11.7 Å². The monoisotopic (exact) mass is 605 g/mol. The fourth-order valence-corrected chi connectivity index (χ4v) is 5.03. The van der Waals surface area contributed by atoms with Crippen LogP contribution in [0.15, 0.2) is 48.5 Å². The normalized spacial score (nSPS) is 20.0. The molecule has 9 nitrogen and oxygen atoms in total. The van der Waals surface area contributed by atoms with E-state index in [0.29, 0.717) is 0 Å². The van der Waals surface area contributed by atoms with Gasteiger partial charge in [0.2, 0.25) is 5.60 Å². The molecule has 1 aliphatic carbocycles. The molecule has 13 heteroatoms. The second-order valence-electron chi connectivity index (χ2n) is 10.9. The molecule has 1 aliphatic heterocycles. The largest absolute Gasteiger partial charge is 0.493 e. The van der Waals surface area contributed by atoms with Crippen molar-refractivity contribution in [1.29, 1.82) is 0 Å². The van der Waals surface area contributed by atoms with E-state index in [2.05, 4.69) is 10.3 Å². The van der Waals surface area contributed by atoms with Crippen LogP contribution in [0.3, 0.4) is 0 Å². The summed E-state index contributed by atoms with van der Waals surface area (Å²) in [4.78, 5) is 17.2. The molecule has 0 saturated heterocycles. The van der Waals surface area contributed by atoms with Crippen molar-refractivity contribution in [3.8, 4) is 28.5 Å². The van der Waals surface area contributed by atoms with Crippen molar-refractivity contribution < 1.29 is 46.8 Å². The minimum Gasteiger partial charge on any atom is -0.493 e. The fourth-order valence-electron chi connectivity index (χ4n) is 5.03. The topological polar surface area (TPSA) is 136 Å². The number of fused-ring (bicyclic) bond motifs is 1. The molecule has 0 spiro atoms. The van der Waals surface area contributed by atoms with Crippen LogP contribution in [0.2, 0.25) is 0 Å².